The van der Waals surface area contributed by atoms with E-state index in [-0.39, 0.29) is 0 Å². The zero-order valence-electron chi connectivity index (χ0n) is 9.05. The summed E-state index contributed by atoms with van der Waals surface area (Å²) in [6, 6.07) is 9.10. The Kier molecular flexibility index (Phi) is 4.43. The first-order chi connectivity index (χ1) is 6.58. The fraction of sp³-hybridized carbons (Fsp3) is 0.500. The molecular formula is C12H18ClN. The van der Waals surface area contributed by atoms with Gasteiger partial charge in [0.1, 0.15) is 0 Å². The molecule has 1 unspecified atom stereocenters. The third kappa shape index (κ3) is 4.12. The van der Waals surface area contributed by atoms with Crippen LogP contribution in [0.1, 0.15) is 26.3 Å². The van der Waals surface area contributed by atoms with E-state index in [4.69, 9.17) is 11.6 Å². The largest absolute Gasteiger partial charge is 0.312 e. The van der Waals surface area contributed by atoms with E-state index in [0.29, 0.717) is 12.1 Å². The van der Waals surface area contributed by atoms with Crippen LogP contribution in [0.3, 0.4) is 0 Å². The first kappa shape index (κ1) is 11.5. The van der Waals surface area contributed by atoms with Gasteiger partial charge in [-0.15, -0.1) is 0 Å². The molecule has 0 aliphatic heterocycles. The van der Waals surface area contributed by atoms with Crippen molar-refractivity contribution in [1.29, 1.82) is 0 Å². The summed E-state index contributed by atoms with van der Waals surface area (Å²) >= 11 is 5.82. The van der Waals surface area contributed by atoms with E-state index in [9.17, 15) is 0 Å². The van der Waals surface area contributed by atoms with E-state index in [0.717, 1.165) is 11.4 Å². The van der Waals surface area contributed by atoms with Gasteiger partial charge in [-0.25, -0.2) is 0 Å². The minimum atomic E-state index is 0.510. The molecule has 0 radical (unpaired) electrons. The van der Waals surface area contributed by atoms with Gasteiger partial charge in [-0.1, -0.05) is 37.6 Å². The van der Waals surface area contributed by atoms with Gasteiger partial charge >= 0.3 is 0 Å². The lowest BCUT2D eigenvalue weighted by Crippen LogP contribution is -2.33. The SMILES string of the molecule is CC(C)NC(C)Cc1ccc(Cl)cc1. The highest BCUT2D eigenvalue weighted by atomic mass is 35.5. The molecule has 0 saturated carbocycles. The predicted molar refractivity (Wildman–Crippen MR) is 62.9 cm³/mol. The summed E-state index contributed by atoms with van der Waals surface area (Å²) in [5.41, 5.74) is 1.33. The summed E-state index contributed by atoms with van der Waals surface area (Å²) in [7, 11) is 0. The predicted octanol–water partition coefficient (Wildman–Crippen LogP) is 3.27. The van der Waals surface area contributed by atoms with Crippen molar-refractivity contribution in [1.82, 2.24) is 5.32 Å². The lowest BCUT2D eigenvalue weighted by atomic mass is 10.1. The van der Waals surface area contributed by atoms with Gasteiger partial charge in [0.05, 0.1) is 0 Å². The molecule has 0 aromatic heterocycles. The van der Waals surface area contributed by atoms with Crippen molar-refractivity contribution in [3.63, 3.8) is 0 Å². The molecule has 1 rings (SSSR count). The summed E-state index contributed by atoms with van der Waals surface area (Å²) < 4.78 is 0. The molecular weight excluding hydrogens is 194 g/mol. The van der Waals surface area contributed by atoms with Crippen LogP contribution in [0.15, 0.2) is 24.3 Å². The Labute approximate surface area is 91.5 Å². The van der Waals surface area contributed by atoms with Crippen LogP contribution in [0.5, 0.6) is 0 Å². The van der Waals surface area contributed by atoms with Crippen molar-refractivity contribution in [3.05, 3.63) is 34.9 Å². The molecule has 0 aliphatic carbocycles. The van der Waals surface area contributed by atoms with Crippen molar-refractivity contribution < 1.29 is 0 Å². The summed E-state index contributed by atoms with van der Waals surface area (Å²) in [4.78, 5) is 0. The van der Waals surface area contributed by atoms with E-state index in [1.807, 2.05) is 12.1 Å². The topological polar surface area (TPSA) is 12.0 Å². The lowest BCUT2D eigenvalue weighted by Gasteiger charge is -2.16. The van der Waals surface area contributed by atoms with Crippen LogP contribution in [-0.4, -0.2) is 12.1 Å². The van der Waals surface area contributed by atoms with Gasteiger partial charge in [-0.3, -0.25) is 0 Å². The van der Waals surface area contributed by atoms with E-state index >= 15 is 0 Å². The van der Waals surface area contributed by atoms with Crippen LogP contribution in [0.4, 0.5) is 0 Å². The second-order valence-corrected chi connectivity index (χ2v) is 4.49. The normalized spacial score (nSPS) is 13.2. The molecule has 78 valence electrons. The minimum Gasteiger partial charge on any atom is -0.312 e. The minimum absolute atomic E-state index is 0.510. The molecule has 0 spiro atoms. The fourth-order valence-electron chi connectivity index (χ4n) is 1.60. The number of hydrogen-bond acceptors (Lipinski definition) is 1. The first-order valence-corrected chi connectivity index (χ1v) is 5.46. The average Bonchev–Trinajstić information content (AvgIpc) is 2.07. The maximum absolute atomic E-state index is 5.82. The number of rotatable bonds is 4. The summed E-state index contributed by atoms with van der Waals surface area (Å²) in [5, 5.41) is 4.28. The number of halogens is 1. The third-order valence-electron chi connectivity index (χ3n) is 2.07. The van der Waals surface area contributed by atoms with Crippen molar-refractivity contribution in [2.24, 2.45) is 0 Å². The van der Waals surface area contributed by atoms with E-state index in [2.05, 4.69) is 38.2 Å². The molecule has 0 heterocycles. The van der Waals surface area contributed by atoms with Gasteiger partial charge in [0.25, 0.3) is 0 Å². The molecule has 1 aromatic rings. The van der Waals surface area contributed by atoms with E-state index in [1.165, 1.54) is 5.56 Å². The summed E-state index contributed by atoms with van der Waals surface area (Å²) in [5.74, 6) is 0. The van der Waals surface area contributed by atoms with Gasteiger partial charge in [-0.2, -0.15) is 0 Å². The second-order valence-electron chi connectivity index (χ2n) is 4.05. The highest BCUT2D eigenvalue weighted by Crippen LogP contribution is 2.11. The number of nitrogens with one attached hydrogen (secondary N) is 1. The molecule has 0 bridgehead atoms. The molecule has 0 amide bonds. The highest BCUT2D eigenvalue weighted by Gasteiger charge is 2.04. The van der Waals surface area contributed by atoms with Crippen molar-refractivity contribution >= 4 is 11.6 Å². The van der Waals surface area contributed by atoms with Gasteiger partial charge in [0.15, 0.2) is 0 Å². The fourth-order valence-corrected chi connectivity index (χ4v) is 1.73. The molecule has 1 nitrogen and oxygen atoms in total. The Balaban J connectivity index is 2.47. The van der Waals surface area contributed by atoms with Crippen LogP contribution in [0.2, 0.25) is 5.02 Å². The van der Waals surface area contributed by atoms with Crippen LogP contribution >= 0.6 is 11.6 Å². The van der Waals surface area contributed by atoms with Crippen LogP contribution in [-0.2, 0) is 6.42 Å². The molecule has 1 atom stereocenters. The zero-order valence-corrected chi connectivity index (χ0v) is 9.81. The van der Waals surface area contributed by atoms with Gasteiger partial charge in [0, 0.05) is 17.1 Å². The van der Waals surface area contributed by atoms with Crippen molar-refractivity contribution in [3.8, 4) is 0 Å². The Morgan fingerprint density at radius 1 is 1.14 bits per heavy atom. The highest BCUT2D eigenvalue weighted by molar-refractivity contribution is 6.30. The summed E-state index contributed by atoms with van der Waals surface area (Å²) in [6.07, 6.45) is 1.05. The van der Waals surface area contributed by atoms with Gasteiger partial charge in [-0.05, 0) is 31.0 Å². The van der Waals surface area contributed by atoms with Crippen LogP contribution in [0.25, 0.3) is 0 Å². The maximum Gasteiger partial charge on any atom is 0.0406 e. The standard InChI is InChI=1S/C12H18ClN/c1-9(2)14-10(3)8-11-4-6-12(13)7-5-11/h4-7,9-10,14H,8H2,1-3H3. The maximum atomic E-state index is 5.82. The van der Waals surface area contributed by atoms with Crippen LogP contribution < -0.4 is 5.32 Å². The monoisotopic (exact) mass is 211 g/mol. The van der Waals surface area contributed by atoms with Crippen LogP contribution in [0, 0.1) is 0 Å². The van der Waals surface area contributed by atoms with E-state index < -0.39 is 0 Å². The average molecular weight is 212 g/mol. The Hall–Kier alpha value is -0.530. The number of benzene rings is 1. The quantitative estimate of drug-likeness (QED) is 0.806. The van der Waals surface area contributed by atoms with Gasteiger partial charge < -0.3 is 5.32 Å². The molecule has 0 saturated heterocycles. The molecule has 0 aliphatic rings. The van der Waals surface area contributed by atoms with Crippen molar-refractivity contribution in [2.75, 3.05) is 0 Å². The molecule has 0 fully saturated rings. The molecule has 1 aromatic carbocycles. The molecule has 1 N–H and O–H groups in total. The first-order valence-electron chi connectivity index (χ1n) is 5.08. The Morgan fingerprint density at radius 2 is 1.71 bits per heavy atom. The second kappa shape index (κ2) is 5.38. The van der Waals surface area contributed by atoms with E-state index in [1.54, 1.807) is 0 Å². The Bertz CT molecular complexity index is 266. The lowest BCUT2D eigenvalue weighted by molar-refractivity contribution is 0.488. The molecule has 14 heavy (non-hydrogen) atoms. The number of hydrogen-bond donors (Lipinski definition) is 1. The smallest absolute Gasteiger partial charge is 0.0406 e. The van der Waals surface area contributed by atoms with Gasteiger partial charge in [0.2, 0.25) is 0 Å². The van der Waals surface area contributed by atoms with Crippen molar-refractivity contribution in [2.45, 2.75) is 39.3 Å². The third-order valence-corrected chi connectivity index (χ3v) is 2.32. The molecule has 2 heteroatoms. The Morgan fingerprint density at radius 3 is 2.21 bits per heavy atom. The zero-order chi connectivity index (χ0) is 10.6. The summed E-state index contributed by atoms with van der Waals surface area (Å²) in [6.45, 7) is 6.53.